The number of rotatable bonds is 7. The van der Waals surface area contributed by atoms with Crippen molar-refractivity contribution in [2.45, 2.75) is 53.1 Å². The molecule has 0 aliphatic rings. The topological polar surface area (TPSA) is 47.1 Å². The van der Waals surface area contributed by atoms with Crippen LogP contribution in [0.3, 0.4) is 0 Å². The zero-order chi connectivity index (χ0) is 17.7. The Balaban J connectivity index is 0.00000312. The molecule has 0 atom stereocenters. The highest BCUT2D eigenvalue weighted by Gasteiger charge is 2.21. The highest BCUT2D eigenvalue weighted by molar-refractivity contribution is 5.85. The second kappa shape index (κ2) is 9.37. The molecule has 140 valence electrons. The number of hydrogen-bond acceptors (Lipinski definition) is 3. The molecule has 0 saturated heterocycles. The maximum atomic E-state index is 5.84. The zero-order valence-corrected chi connectivity index (χ0v) is 17.1. The summed E-state index contributed by atoms with van der Waals surface area (Å²) in [6.07, 6.45) is 1.05. The average Bonchev–Trinajstić information content (AvgIpc) is 2.82. The Morgan fingerprint density at radius 1 is 1.08 bits per heavy atom. The molecule has 1 aromatic carbocycles. The van der Waals surface area contributed by atoms with Gasteiger partial charge in [0.25, 0.3) is 0 Å². The van der Waals surface area contributed by atoms with Gasteiger partial charge in [-0.05, 0) is 46.6 Å². The van der Waals surface area contributed by atoms with Gasteiger partial charge < -0.3 is 5.73 Å². The number of nitrogens with zero attached hydrogens (tertiary/aromatic N) is 3. The molecule has 0 unspecified atom stereocenters. The molecule has 0 saturated carbocycles. The van der Waals surface area contributed by atoms with Crippen molar-refractivity contribution in [1.29, 1.82) is 0 Å². The second-order valence-electron chi connectivity index (χ2n) is 7.53. The van der Waals surface area contributed by atoms with E-state index in [2.05, 4.69) is 74.5 Å². The Morgan fingerprint density at radius 3 is 2.24 bits per heavy atom. The van der Waals surface area contributed by atoms with Gasteiger partial charge in [0, 0.05) is 37.4 Å². The van der Waals surface area contributed by atoms with Crippen molar-refractivity contribution >= 4 is 12.4 Å². The summed E-state index contributed by atoms with van der Waals surface area (Å²) in [5.41, 5.74) is 11.0. The summed E-state index contributed by atoms with van der Waals surface area (Å²) < 4.78 is 2.15. The first-order chi connectivity index (χ1) is 11.3. The lowest BCUT2D eigenvalue weighted by Gasteiger charge is -2.24. The summed E-state index contributed by atoms with van der Waals surface area (Å²) in [6.45, 7) is 14.4. The maximum absolute atomic E-state index is 5.84. The van der Waals surface area contributed by atoms with Gasteiger partial charge in [-0.3, -0.25) is 9.58 Å². The molecule has 0 radical (unpaired) electrons. The number of aromatic nitrogens is 2. The minimum absolute atomic E-state index is 0. The van der Waals surface area contributed by atoms with Crippen LogP contribution in [0.1, 0.15) is 43.3 Å². The van der Waals surface area contributed by atoms with Gasteiger partial charge in [0.1, 0.15) is 0 Å². The normalized spacial score (nSPS) is 11.6. The third-order valence-electron chi connectivity index (χ3n) is 4.46. The lowest BCUT2D eigenvalue weighted by Crippen LogP contribution is -2.31. The lowest BCUT2D eigenvalue weighted by molar-refractivity contribution is 0.274. The van der Waals surface area contributed by atoms with Crippen molar-refractivity contribution in [1.82, 2.24) is 14.7 Å². The molecule has 0 aliphatic heterocycles. The molecular formula is C20H33ClN4. The molecule has 25 heavy (non-hydrogen) atoms. The second-order valence-corrected chi connectivity index (χ2v) is 7.53. The highest BCUT2D eigenvalue weighted by Crippen LogP contribution is 2.22. The predicted octanol–water partition coefficient (Wildman–Crippen LogP) is 3.68. The molecule has 0 fully saturated rings. The van der Waals surface area contributed by atoms with E-state index in [4.69, 9.17) is 10.8 Å². The summed E-state index contributed by atoms with van der Waals surface area (Å²) in [6, 6.07) is 10.6. The Bertz CT molecular complexity index is 644. The van der Waals surface area contributed by atoms with E-state index in [1.54, 1.807) is 0 Å². The predicted molar refractivity (Wildman–Crippen MR) is 108 cm³/mol. The molecule has 5 heteroatoms. The lowest BCUT2D eigenvalue weighted by atomic mass is 10.1. The molecule has 0 spiro atoms. The average molecular weight is 365 g/mol. The summed E-state index contributed by atoms with van der Waals surface area (Å²) >= 11 is 0. The Morgan fingerprint density at radius 2 is 1.72 bits per heavy atom. The van der Waals surface area contributed by atoms with Gasteiger partial charge in [0.2, 0.25) is 0 Å². The van der Waals surface area contributed by atoms with Crippen molar-refractivity contribution in [3.63, 3.8) is 0 Å². The Hall–Kier alpha value is -1.36. The fourth-order valence-electron chi connectivity index (χ4n) is 3.16. The highest BCUT2D eigenvalue weighted by atomic mass is 35.5. The summed E-state index contributed by atoms with van der Waals surface area (Å²) in [5.74, 6) is 0. The molecule has 0 amide bonds. The van der Waals surface area contributed by atoms with Crippen LogP contribution in [0.2, 0.25) is 0 Å². The van der Waals surface area contributed by atoms with Crippen molar-refractivity contribution in [2.75, 3.05) is 19.6 Å². The first kappa shape index (κ1) is 21.7. The number of hydrogen-bond donors (Lipinski definition) is 1. The molecule has 2 aromatic rings. The van der Waals surface area contributed by atoms with E-state index in [0.717, 1.165) is 31.7 Å². The van der Waals surface area contributed by atoms with E-state index in [9.17, 15) is 0 Å². The zero-order valence-electron chi connectivity index (χ0n) is 16.2. The largest absolute Gasteiger partial charge is 0.329 e. The van der Waals surface area contributed by atoms with Crippen LogP contribution in [0.15, 0.2) is 30.3 Å². The molecule has 0 aliphatic carbocycles. The summed E-state index contributed by atoms with van der Waals surface area (Å²) in [7, 11) is 0. The molecule has 1 heterocycles. The molecule has 4 nitrogen and oxygen atoms in total. The number of nitrogens with two attached hydrogens (primary N) is 1. The van der Waals surface area contributed by atoms with Crippen LogP contribution in [0, 0.1) is 13.8 Å². The van der Waals surface area contributed by atoms with Gasteiger partial charge in [-0.15, -0.1) is 12.4 Å². The standard InChI is InChI=1S/C20H32N4.ClH/c1-16-19(17(2)24(22-16)20(3,4)5)15-23(14-12-21)13-11-18-9-7-6-8-10-18;/h6-10H,11-15,21H2,1-5H3;1H. The third kappa shape index (κ3) is 5.84. The first-order valence-corrected chi connectivity index (χ1v) is 8.85. The quantitative estimate of drug-likeness (QED) is 0.815. The Kier molecular flexibility index (Phi) is 8.13. The van der Waals surface area contributed by atoms with Crippen LogP contribution < -0.4 is 5.73 Å². The number of benzene rings is 1. The van der Waals surface area contributed by atoms with Gasteiger partial charge in [0.15, 0.2) is 0 Å². The minimum atomic E-state index is 0. The van der Waals surface area contributed by atoms with Crippen LogP contribution in [-0.2, 0) is 18.5 Å². The minimum Gasteiger partial charge on any atom is -0.329 e. The van der Waals surface area contributed by atoms with E-state index in [1.807, 2.05) is 0 Å². The van der Waals surface area contributed by atoms with Gasteiger partial charge >= 0.3 is 0 Å². The van der Waals surface area contributed by atoms with Crippen molar-refractivity contribution < 1.29 is 0 Å². The molecule has 2 rings (SSSR count). The van der Waals surface area contributed by atoms with Gasteiger partial charge in [-0.1, -0.05) is 30.3 Å². The van der Waals surface area contributed by atoms with E-state index < -0.39 is 0 Å². The first-order valence-electron chi connectivity index (χ1n) is 8.85. The monoisotopic (exact) mass is 364 g/mol. The fourth-order valence-corrected chi connectivity index (χ4v) is 3.16. The molecular weight excluding hydrogens is 332 g/mol. The molecule has 1 aromatic heterocycles. The van der Waals surface area contributed by atoms with E-state index in [0.29, 0.717) is 6.54 Å². The van der Waals surface area contributed by atoms with Crippen molar-refractivity contribution in [3.8, 4) is 0 Å². The van der Waals surface area contributed by atoms with E-state index in [-0.39, 0.29) is 17.9 Å². The molecule has 2 N–H and O–H groups in total. The van der Waals surface area contributed by atoms with Crippen LogP contribution in [0.25, 0.3) is 0 Å². The van der Waals surface area contributed by atoms with Crippen molar-refractivity contribution in [3.05, 3.63) is 52.8 Å². The van der Waals surface area contributed by atoms with E-state index in [1.165, 1.54) is 16.8 Å². The number of halogens is 1. The summed E-state index contributed by atoms with van der Waals surface area (Å²) in [4.78, 5) is 2.44. The SMILES string of the molecule is Cc1nn(C(C)(C)C)c(C)c1CN(CCN)CCc1ccccc1.Cl. The van der Waals surface area contributed by atoms with Crippen LogP contribution >= 0.6 is 12.4 Å². The van der Waals surface area contributed by atoms with Crippen molar-refractivity contribution in [2.24, 2.45) is 5.73 Å². The fraction of sp³-hybridized carbons (Fsp3) is 0.550. The third-order valence-corrected chi connectivity index (χ3v) is 4.46. The Labute approximate surface area is 158 Å². The molecule has 0 bridgehead atoms. The van der Waals surface area contributed by atoms with Crippen LogP contribution in [0.4, 0.5) is 0 Å². The van der Waals surface area contributed by atoms with Gasteiger partial charge in [0.05, 0.1) is 11.2 Å². The van der Waals surface area contributed by atoms with Crippen LogP contribution in [0.5, 0.6) is 0 Å². The van der Waals surface area contributed by atoms with E-state index >= 15 is 0 Å². The summed E-state index contributed by atoms with van der Waals surface area (Å²) in [5, 5.41) is 4.77. The van der Waals surface area contributed by atoms with Crippen LogP contribution in [-0.4, -0.2) is 34.3 Å². The van der Waals surface area contributed by atoms with Gasteiger partial charge in [-0.25, -0.2) is 0 Å². The number of aryl methyl sites for hydroxylation is 1. The smallest absolute Gasteiger partial charge is 0.0641 e. The van der Waals surface area contributed by atoms with Gasteiger partial charge in [-0.2, -0.15) is 5.10 Å². The maximum Gasteiger partial charge on any atom is 0.0641 e.